The minimum absolute atomic E-state index is 0.121. The topological polar surface area (TPSA) is 55.1 Å². The molecular weight excluding hydrogens is 204 g/mol. The summed E-state index contributed by atoms with van der Waals surface area (Å²) in [6.45, 7) is 0. The van der Waals surface area contributed by atoms with E-state index in [-0.39, 0.29) is 11.5 Å². The lowest BCUT2D eigenvalue weighted by Gasteiger charge is -2.04. The highest BCUT2D eigenvalue weighted by Crippen LogP contribution is 2.25. The van der Waals surface area contributed by atoms with Gasteiger partial charge in [-0.15, -0.1) is 0 Å². The number of Topliss-reactive ketones (excluding diaryl/α,β-unsaturated/α-hetero) is 1. The van der Waals surface area contributed by atoms with E-state index < -0.39 is 0 Å². The average molecular weight is 214 g/mol. The highest BCUT2D eigenvalue weighted by molar-refractivity contribution is 5.99. The van der Waals surface area contributed by atoms with E-state index in [1.807, 2.05) is 6.07 Å². The normalized spacial score (nSPS) is 14.1. The van der Waals surface area contributed by atoms with Gasteiger partial charge in [0.1, 0.15) is 11.4 Å². The number of fused-ring (bicyclic) bond motifs is 1. The van der Waals surface area contributed by atoms with Crippen molar-refractivity contribution in [1.82, 2.24) is 9.78 Å². The van der Waals surface area contributed by atoms with E-state index >= 15 is 0 Å². The molecule has 3 rings (SSSR count). The second kappa shape index (κ2) is 3.20. The zero-order chi connectivity index (χ0) is 11.1. The standard InChI is InChI=1S/C12H10N2O2/c15-10-3-1-2-9(6-10)14-12-8(7-13-14)4-5-11(12)16/h1-3,6-7,15H,4-5H2. The van der Waals surface area contributed by atoms with Crippen molar-refractivity contribution in [3.05, 3.63) is 41.7 Å². The number of rotatable bonds is 1. The number of aryl methyl sites for hydroxylation is 1. The summed E-state index contributed by atoms with van der Waals surface area (Å²) in [6.07, 6.45) is 3.06. The molecule has 1 aliphatic rings. The molecule has 0 amide bonds. The molecule has 0 saturated carbocycles. The van der Waals surface area contributed by atoms with Crippen molar-refractivity contribution in [3.8, 4) is 11.4 Å². The molecule has 0 unspecified atom stereocenters. The van der Waals surface area contributed by atoms with Crippen LogP contribution in [-0.4, -0.2) is 20.7 Å². The van der Waals surface area contributed by atoms with E-state index in [1.54, 1.807) is 29.1 Å². The molecule has 4 nitrogen and oxygen atoms in total. The predicted octanol–water partition coefficient (Wildman–Crippen LogP) is 1.71. The number of aromatic nitrogens is 2. The Hall–Kier alpha value is -2.10. The molecule has 1 heterocycles. The monoisotopic (exact) mass is 214 g/mol. The highest BCUT2D eigenvalue weighted by Gasteiger charge is 2.25. The Morgan fingerprint density at radius 1 is 1.31 bits per heavy atom. The van der Waals surface area contributed by atoms with Gasteiger partial charge in [-0.05, 0) is 18.6 Å². The maximum atomic E-state index is 11.7. The number of benzene rings is 1. The zero-order valence-electron chi connectivity index (χ0n) is 8.55. The van der Waals surface area contributed by atoms with Crippen LogP contribution in [0.1, 0.15) is 22.5 Å². The zero-order valence-corrected chi connectivity index (χ0v) is 8.55. The number of nitrogens with zero attached hydrogens (tertiary/aromatic N) is 2. The van der Waals surface area contributed by atoms with E-state index in [9.17, 15) is 9.90 Å². The van der Waals surface area contributed by atoms with Gasteiger partial charge in [0.25, 0.3) is 0 Å². The Labute approximate surface area is 92.1 Å². The first-order valence-corrected chi connectivity index (χ1v) is 5.15. The molecule has 1 aliphatic carbocycles. The van der Waals surface area contributed by atoms with Crippen LogP contribution in [0.2, 0.25) is 0 Å². The van der Waals surface area contributed by atoms with Crippen molar-refractivity contribution in [2.75, 3.05) is 0 Å². The largest absolute Gasteiger partial charge is 0.508 e. The number of carbonyl (C=O) groups is 1. The molecule has 0 saturated heterocycles. The van der Waals surface area contributed by atoms with Crippen molar-refractivity contribution in [1.29, 1.82) is 0 Å². The number of aromatic hydroxyl groups is 1. The molecular formula is C12H10N2O2. The van der Waals surface area contributed by atoms with E-state index in [2.05, 4.69) is 5.10 Å². The van der Waals surface area contributed by atoms with Crippen molar-refractivity contribution in [2.45, 2.75) is 12.8 Å². The lowest BCUT2D eigenvalue weighted by molar-refractivity contribution is 0.0987. The van der Waals surface area contributed by atoms with Crippen LogP contribution in [0, 0.1) is 0 Å². The number of ketones is 1. The third-order valence-corrected chi connectivity index (χ3v) is 2.80. The van der Waals surface area contributed by atoms with Gasteiger partial charge in [0, 0.05) is 18.1 Å². The Morgan fingerprint density at radius 2 is 2.19 bits per heavy atom. The summed E-state index contributed by atoms with van der Waals surface area (Å²) < 4.78 is 1.60. The smallest absolute Gasteiger partial charge is 0.181 e. The number of hydrogen-bond acceptors (Lipinski definition) is 3. The van der Waals surface area contributed by atoms with Crippen LogP contribution in [0.3, 0.4) is 0 Å². The van der Waals surface area contributed by atoms with Gasteiger partial charge in [-0.25, -0.2) is 4.68 Å². The minimum Gasteiger partial charge on any atom is -0.508 e. The van der Waals surface area contributed by atoms with E-state index in [0.717, 1.165) is 17.7 Å². The van der Waals surface area contributed by atoms with Gasteiger partial charge >= 0.3 is 0 Å². The summed E-state index contributed by atoms with van der Waals surface area (Å²) in [5.41, 5.74) is 2.37. The lowest BCUT2D eigenvalue weighted by atomic mass is 10.2. The summed E-state index contributed by atoms with van der Waals surface area (Å²) >= 11 is 0. The van der Waals surface area contributed by atoms with Crippen molar-refractivity contribution in [2.24, 2.45) is 0 Å². The Bertz CT molecular complexity index is 572. The first-order valence-electron chi connectivity index (χ1n) is 5.15. The molecule has 1 N–H and O–H groups in total. The van der Waals surface area contributed by atoms with E-state index in [4.69, 9.17) is 0 Å². The van der Waals surface area contributed by atoms with Gasteiger partial charge in [0.2, 0.25) is 0 Å². The quantitative estimate of drug-likeness (QED) is 0.786. The van der Waals surface area contributed by atoms with Crippen molar-refractivity contribution < 1.29 is 9.90 Å². The van der Waals surface area contributed by atoms with Gasteiger partial charge in [-0.3, -0.25) is 4.79 Å². The Kier molecular flexibility index (Phi) is 1.83. The van der Waals surface area contributed by atoms with E-state index in [0.29, 0.717) is 12.1 Å². The molecule has 0 bridgehead atoms. The molecule has 1 aromatic carbocycles. The van der Waals surface area contributed by atoms with Crippen LogP contribution in [-0.2, 0) is 6.42 Å². The molecule has 0 radical (unpaired) electrons. The molecule has 0 fully saturated rings. The molecule has 80 valence electrons. The average Bonchev–Trinajstić information content (AvgIpc) is 2.82. The number of carbonyl (C=O) groups excluding carboxylic acids is 1. The van der Waals surface area contributed by atoms with Crippen LogP contribution in [0.25, 0.3) is 5.69 Å². The first-order chi connectivity index (χ1) is 7.75. The predicted molar refractivity (Wildman–Crippen MR) is 57.9 cm³/mol. The Balaban J connectivity index is 2.18. The van der Waals surface area contributed by atoms with Gasteiger partial charge in [-0.1, -0.05) is 6.07 Å². The van der Waals surface area contributed by atoms with Gasteiger partial charge in [-0.2, -0.15) is 5.10 Å². The van der Waals surface area contributed by atoms with Crippen LogP contribution < -0.4 is 0 Å². The third kappa shape index (κ3) is 1.23. The van der Waals surface area contributed by atoms with Gasteiger partial charge in [0.15, 0.2) is 5.78 Å². The first kappa shape index (κ1) is 9.15. The summed E-state index contributed by atoms with van der Waals surface area (Å²) in [6, 6.07) is 6.74. The molecule has 0 spiro atoms. The number of hydrogen-bond donors (Lipinski definition) is 1. The van der Waals surface area contributed by atoms with E-state index in [1.165, 1.54) is 0 Å². The molecule has 1 aromatic heterocycles. The van der Waals surface area contributed by atoms with Crippen molar-refractivity contribution >= 4 is 5.78 Å². The minimum atomic E-state index is 0.121. The summed E-state index contributed by atoms with van der Waals surface area (Å²) in [5, 5.41) is 13.6. The number of phenols is 1. The molecule has 0 atom stereocenters. The summed E-state index contributed by atoms with van der Waals surface area (Å²) in [4.78, 5) is 11.7. The fourth-order valence-corrected chi connectivity index (χ4v) is 2.05. The van der Waals surface area contributed by atoms with Crippen molar-refractivity contribution in [3.63, 3.8) is 0 Å². The SMILES string of the molecule is O=C1CCc2cnn(-c3cccc(O)c3)c21. The highest BCUT2D eigenvalue weighted by atomic mass is 16.3. The molecule has 2 aromatic rings. The van der Waals surface area contributed by atoms with Crippen LogP contribution in [0.5, 0.6) is 5.75 Å². The maximum absolute atomic E-state index is 11.7. The molecule has 4 heteroatoms. The fourth-order valence-electron chi connectivity index (χ4n) is 2.05. The van der Waals surface area contributed by atoms with Gasteiger partial charge < -0.3 is 5.11 Å². The van der Waals surface area contributed by atoms with Gasteiger partial charge in [0.05, 0.1) is 11.9 Å². The third-order valence-electron chi connectivity index (χ3n) is 2.80. The maximum Gasteiger partial charge on any atom is 0.181 e. The lowest BCUT2D eigenvalue weighted by Crippen LogP contribution is -2.05. The molecule has 16 heavy (non-hydrogen) atoms. The van der Waals surface area contributed by atoms with Crippen LogP contribution >= 0.6 is 0 Å². The summed E-state index contributed by atoms with van der Waals surface area (Å²) in [7, 11) is 0. The molecule has 0 aliphatic heterocycles. The Morgan fingerprint density at radius 3 is 3.00 bits per heavy atom. The fraction of sp³-hybridized carbons (Fsp3) is 0.167. The van der Waals surface area contributed by atoms with Crippen LogP contribution in [0.4, 0.5) is 0 Å². The second-order valence-electron chi connectivity index (χ2n) is 3.87. The second-order valence-corrected chi connectivity index (χ2v) is 3.87. The van der Waals surface area contributed by atoms with Crippen LogP contribution in [0.15, 0.2) is 30.5 Å². The summed E-state index contributed by atoms with van der Waals surface area (Å²) in [5.74, 6) is 0.294. The number of phenolic OH excluding ortho intramolecular Hbond substituents is 1.